The maximum atomic E-state index is 6.69. The first-order valence-corrected chi connectivity index (χ1v) is 12.9. The zero-order valence-corrected chi connectivity index (χ0v) is 19.9. The highest BCUT2D eigenvalue weighted by Crippen LogP contribution is 2.57. The molecule has 7 heteroatoms. The molecule has 156 valence electrons. The van der Waals surface area contributed by atoms with E-state index in [0.29, 0.717) is 36.4 Å². The number of nitrogens with zero attached hydrogens (tertiary/aromatic N) is 1. The fourth-order valence-electron chi connectivity index (χ4n) is 2.69. The van der Waals surface area contributed by atoms with Gasteiger partial charge in [0.15, 0.2) is 0 Å². The Morgan fingerprint density at radius 3 is 1.55 bits per heavy atom. The first kappa shape index (κ1) is 24.3. The molecule has 0 aliphatic rings. The summed E-state index contributed by atoms with van der Waals surface area (Å²) < 4.78 is 12.8. The van der Waals surface area contributed by atoms with Gasteiger partial charge in [0.25, 0.3) is 0 Å². The summed E-state index contributed by atoms with van der Waals surface area (Å²) in [5, 5.41) is 1.23. The number of ether oxygens (including phenoxy) is 2. The van der Waals surface area contributed by atoms with Gasteiger partial charge in [-0.2, -0.15) is 0 Å². The van der Waals surface area contributed by atoms with Gasteiger partial charge in [-0.05, 0) is 22.8 Å². The van der Waals surface area contributed by atoms with E-state index >= 15 is 0 Å². The zero-order valence-electron chi connectivity index (χ0n) is 16.6. The normalized spacial score (nSPS) is 14.8. The second kappa shape index (κ2) is 12.7. The van der Waals surface area contributed by atoms with Gasteiger partial charge in [0.2, 0.25) is 0 Å². The van der Waals surface area contributed by atoms with Gasteiger partial charge in [-0.25, -0.2) is 0 Å². The number of hydrogen-bond donors (Lipinski definition) is 0. The predicted octanol–water partition coefficient (Wildman–Crippen LogP) is 6.45. The van der Waals surface area contributed by atoms with Gasteiger partial charge in [0.05, 0.1) is 29.5 Å². The van der Waals surface area contributed by atoms with Crippen molar-refractivity contribution in [3.63, 3.8) is 0 Å². The SMILES string of the molecule is COCCN(CCOC)P(=S)(C=C(Cl)c1ccccc1)C=C(Cl)c1ccccc1. The van der Waals surface area contributed by atoms with E-state index < -0.39 is 6.19 Å². The smallest absolute Gasteiger partial charge is 0.0601 e. The van der Waals surface area contributed by atoms with Crippen LogP contribution in [0.4, 0.5) is 0 Å². The fourth-order valence-corrected chi connectivity index (χ4v) is 7.44. The van der Waals surface area contributed by atoms with Crippen LogP contribution in [0.3, 0.4) is 0 Å². The summed E-state index contributed by atoms with van der Waals surface area (Å²) in [4.78, 5) is 0. The van der Waals surface area contributed by atoms with Crippen molar-refractivity contribution in [2.45, 2.75) is 0 Å². The summed E-state index contributed by atoms with van der Waals surface area (Å²) >= 11 is 19.6. The summed E-state index contributed by atoms with van der Waals surface area (Å²) in [6, 6.07) is 19.6. The molecule has 0 aliphatic carbocycles. The van der Waals surface area contributed by atoms with Crippen LogP contribution in [-0.2, 0) is 21.3 Å². The average Bonchev–Trinajstić information content (AvgIpc) is 2.74. The van der Waals surface area contributed by atoms with Gasteiger partial charge in [-0.3, -0.25) is 4.67 Å². The number of benzene rings is 2. The Bertz CT molecular complexity index is 792. The van der Waals surface area contributed by atoms with Crippen LogP contribution in [0.2, 0.25) is 0 Å². The minimum atomic E-state index is -2.41. The number of hydrogen-bond acceptors (Lipinski definition) is 3. The van der Waals surface area contributed by atoms with Crippen LogP contribution in [0, 0.1) is 0 Å². The van der Waals surface area contributed by atoms with Gasteiger partial charge in [-0.1, -0.05) is 95.7 Å². The Balaban J connectivity index is 2.51. The quantitative estimate of drug-likeness (QED) is 0.352. The largest absolute Gasteiger partial charge is 0.383 e. The highest BCUT2D eigenvalue weighted by Gasteiger charge is 2.23. The molecule has 2 aromatic rings. The molecule has 0 spiro atoms. The van der Waals surface area contributed by atoms with Crippen LogP contribution in [-0.4, -0.2) is 45.2 Å². The molecular formula is C22H26Cl2NO2PS. The molecule has 0 saturated carbocycles. The van der Waals surface area contributed by atoms with Crippen LogP contribution in [0.15, 0.2) is 72.3 Å². The lowest BCUT2D eigenvalue weighted by Gasteiger charge is -2.31. The van der Waals surface area contributed by atoms with E-state index in [9.17, 15) is 0 Å². The first-order valence-electron chi connectivity index (χ1n) is 9.20. The molecular weight excluding hydrogens is 444 g/mol. The molecule has 0 atom stereocenters. The van der Waals surface area contributed by atoms with Gasteiger partial charge in [-0.15, -0.1) is 0 Å². The van der Waals surface area contributed by atoms with Crippen LogP contribution in [0.1, 0.15) is 11.1 Å². The minimum absolute atomic E-state index is 0.551. The van der Waals surface area contributed by atoms with Crippen molar-refractivity contribution in [3.05, 3.63) is 83.4 Å². The molecule has 0 fully saturated rings. The molecule has 0 bridgehead atoms. The first-order chi connectivity index (χ1) is 14.0. The predicted molar refractivity (Wildman–Crippen MR) is 130 cm³/mol. The maximum absolute atomic E-state index is 6.69. The lowest BCUT2D eigenvalue weighted by molar-refractivity contribution is 0.153. The molecule has 0 radical (unpaired) electrons. The molecule has 0 saturated heterocycles. The third kappa shape index (κ3) is 7.66. The molecule has 0 N–H and O–H groups in total. The highest BCUT2D eigenvalue weighted by molar-refractivity contribution is 8.16. The van der Waals surface area contributed by atoms with E-state index in [-0.39, 0.29) is 0 Å². The van der Waals surface area contributed by atoms with E-state index in [0.717, 1.165) is 11.1 Å². The van der Waals surface area contributed by atoms with Crippen molar-refractivity contribution in [1.29, 1.82) is 0 Å². The van der Waals surface area contributed by atoms with Crippen molar-refractivity contribution < 1.29 is 9.47 Å². The summed E-state index contributed by atoms with van der Waals surface area (Å²) in [6.07, 6.45) is -2.41. The molecule has 0 aromatic heterocycles. The van der Waals surface area contributed by atoms with E-state index in [2.05, 4.69) is 4.67 Å². The Hall–Kier alpha value is -0.970. The second-order valence-electron chi connectivity index (χ2n) is 6.30. The summed E-state index contributed by atoms with van der Waals surface area (Å²) in [6.45, 7) is 2.41. The molecule has 29 heavy (non-hydrogen) atoms. The third-order valence-electron chi connectivity index (χ3n) is 4.24. The Labute approximate surface area is 189 Å². The molecule has 0 aliphatic heterocycles. The van der Waals surface area contributed by atoms with E-state index in [4.69, 9.17) is 44.5 Å². The lowest BCUT2D eigenvalue weighted by atomic mass is 10.2. The summed E-state index contributed by atoms with van der Waals surface area (Å²) in [7, 11) is 3.36. The standard InChI is InChI=1S/C22H26Cl2NO2PS/c1-26-15-13-25(14-16-27-2)28(29,17-21(23)19-9-5-3-6-10-19)18-22(24)20-11-7-4-8-12-20/h3-12,17-18H,13-16H2,1-2H3. The average molecular weight is 470 g/mol. The lowest BCUT2D eigenvalue weighted by Crippen LogP contribution is -2.27. The summed E-state index contributed by atoms with van der Waals surface area (Å²) in [5.74, 6) is 3.94. The molecule has 0 heterocycles. The van der Waals surface area contributed by atoms with Crippen LogP contribution in [0.25, 0.3) is 10.1 Å². The van der Waals surface area contributed by atoms with Crippen LogP contribution >= 0.6 is 29.4 Å². The van der Waals surface area contributed by atoms with Gasteiger partial charge < -0.3 is 9.47 Å². The molecule has 0 amide bonds. The maximum Gasteiger partial charge on any atom is 0.0601 e. The van der Waals surface area contributed by atoms with Gasteiger partial charge in [0, 0.05) is 27.3 Å². The second-order valence-corrected chi connectivity index (χ2v) is 11.3. The molecule has 0 unspecified atom stereocenters. The van der Waals surface area contributed by atoms with E-state index in [1.807, 2.05) is 72.3 Å². The number of methoxy groups -OCH3 is 2. The van der Waals surface area contributed by atoms with Crippen molar-refractivity contribution in [1.82, 2.24) is 4.67 Å². The molecule has 2 aromatic carbocycles. The number of rotatable bonds is 11. The van der Waals surface area contributed by atoms with E-state index in [1.165, 1.54) is 0 Å². The van der Waals surface area contributed by atoms with Crippen LogP contribution < -0.4 is 0 Å². The fraction of sp³-hybridized carbons (Fsp3) is 0.273. The Morgan fingerprint density at radius 2 is 1.21 bits per heavy atom. The van der Waals surface area contributed by atoms with Crippen molar-refractivity contribution in [2.24, 2.45) is 0 Å². The van der Waals surface area contributed by atoms with Crippen molar-refractivity contribution >= 4 is 51.3 Å². The zero-order chi connectivity index (χ0) is 21.1. The van der Waals surface area contributed by atoms with Crippen molar-refractivity contribution in [2.75, 3.05) is 40.5 Å². The third-order valence-corrected chi connectivity index (χ3v) is 9.07. The molecule has 2 rings (SSSR count). The van der Waals surface area contributed by atoms with Crippen LogP contribution in [0.5, 0.6) is 0 Å². The van der Waals surface area contributed by atoms with Gasteiger partial charge in [0.1, 0.15) is 0 Å². The molecule has 3 nitrogen and oxygen atoms in total. The summed E-state index contributed by atoms with van der Waals surface area (Å²) in [5.41, 5.74) is 1.84. The monoisotopic (exact) mass is 469 g/mol. The highest BCUT2D eigenvalue weighted by atomic mass is 35.5. The number of halogens is 2. The topological polar surface area (TPSA) is 21.7 Å². The van der Waals surface area contributed by atoms with Gasteiger partial charge >= 0.3 is 0 Å². The Kier molecular flexibility index (Phi) is 10.6. The minimum Gasteiger partial charge on any atom is -0.383 e. The Morgan fingerprint density at radius 1 is 0.828 bits per heavy atom. The van der Waals surface area contributed by atoms with Crippen molar-refractivity contribution in [3.8, 4) is 0 Å². The van der Waals surface area contributed by atoms with E-state index in [1.54, 1.807) is 14.2 Å².